The summed E-state index contributed by atoms with van der Waals surface area (Å²) in [5, 5.41) is 47.7. The van der Waals surface area contributed by atoms with Crippen molar-refractivity contribution in [2.45, 2.75) is 146 Å². The molecule has 0 spiro atoms. The first-order valence-corrected chi connectivity index (χ1v) is 21.3. The van der Waals surface area contributed by atoms with Crippen molar-refractivity contribution < 1.29 is 19.5 Å². The van der Waals surface area contributed by atoms with E-state index < -0.39 is 0 Å². The van der Waals surface area contributed by atoms with Gasteiger partial charge in [-0.05, 0) is 80.0 Å². The second-order valence-corrected chi connectivity index (χ2v) is 17.2. The molecule has 16 unspecified atom stereocenters. The Morgan fingerprint density at radius 3 is 0.792 bits per heavy atom. The molecule has 8 bridgehead atoms. The largest absolute Gasteiger partial charge is 0.668 e. The van der Waals surface area contributed by atoms with Crippen LogP contribution in [0.5, 0.6) is 0 Å². The second-order valence-electron chi connectivity index (χ2n) is 17.2. The zero-order valence-electron chi connectivity index (χ0n) is 34.9. The summed E-state index contributed by atoms with van der Waals surface area (Å²) in [7, 11) is 14.0. The standard InChI is InChI=1S/C32H55N8.4C2H6N.Zn/c1-2-10-18-17(9-1)25-33-26(18)38-28-21-13-5-6-14-22(21)30(35-28)40-32-24-16-8-7-15-23(24)31(36-32)39-29-20-12-4-3-11-19(20)27(34-29)37-25;4*1-3-2;/h9,17-40H,1-8,10-16H2;4*1-2H3;/q5*-1;. The van der Waals surface area contributed by atoms with Crippen molar-refractivity contribution in [1.82, 2.24) is 42.5 Å². The molecule has 4 saturated carbocycles. The number of hydrogen-bond acceptors (Lipinski definition) is 8. The summed E-state index contributed by atoms with van der Waals surface area (Å²) in [4.78, 5) is 0. The summed E-state index contributed by atoms with van der Waals surface area (Å²) in [5.74, 6) is 5.74. The van der Waals surface area contributed by atoms with Gasteiger partial charge in [-0.1, -0.05) is 51.4 Å². The monoisotopic (exact) mass is 792 g/mol. The molecule has 9 rings (SSSR count). The van der Waals surface area contributed by atoms with Crippen LogP contribution >= 0.6 is 0 Å². The molecule has 0 aromatic carbocycles. The zero-order chi connectivity index (χ0) is 37.0. The van der Waals surface area contributed by atoms with Gasteiger partial charge in [-0.25, -0.2) is 0 Å². The molecule has 5 heterocycles. The average molecular weight is 794 g/mol. The Bertz CT molecular complexity index is 781. The van der Waals surface area contributed by atoms with Crippen LogP contribution in [0, 0.1) is 53.8 Å². The molecule has 306 valence electrons. The zero-order valence-corrected chi connectivity index (χ0v) is 37.9. The van der Waals surface area contributed by atoms with E-state index in [0.717, 1.165) is 35.5 Å². The first-order valence-electron chi connectivity index (χ1n) is 21.3. The molecule has 53 heavy (non-hydrogen) atoms. The predicted octanol–water partition coefficient (Wildman–Crippen LogP) is 4.90. The molecule has 4 aliphatic carbocycles. The summed E-state index contributed by atoms with van der Waals surface area (Å²) in [6.07, 6.45) is 26.4. The Morgan fingerprint density at radius 1 is 0.321 bits per heavy atom. The molecule has 12 nitrogen and oxygen atoms in total. The molecule has 5 aliphatic heterocycles. The molecule has 0 amide bonds. The number of nitrogens with one attached hydrogen (secondary N) is 8. The van der Waals surface area contributed by atoms with Crippen molar-refractivity contribution in [1.29, 1.82) is 0 Å². The van der Waals surface area contributed by atoms with Crippen LogP contribution in [-0.2, 0) is 19.5 Å². The molecule has 13 heteroatoms. The minimum absolute atomic E-state index is 0. The van der Waals surface area contributed by atoms with Crippen LogP contribution in [0.2, 0.25) is 0 Å². The van der Waals surface area contributed by atoms with E-state index in [4.69, 9.17) is 0 Å². The molecule has 8 N–H and O–H groups in total. The van der Waals surface area contributed by atoms with Gasteiger partial charge in [0.2, 0.25) is 0 Å². The predicted molar refractivity (Wildman–Crippen MR) is 218 cm³/mol. The number of nitrogens with zero attached hydrogens (tertiary/aromatic N) is 4. The van der Waals surface area contributed by atoms with Crippen LogP contribution in [0.1, 0.15) is 96.3 Å². The van der Waals surface area contributed by atoms with E-state index in [0.29, 0.717) is 61.2 Å². The van der Waals surface area contributed by atoms with Gasteiger partial charge in [0.15, 0.2) is 0 Å². The van der Waals surface area contributed by atoms with Crippen LogP contribution in [0.25, 0.3) is 21.3 Å². The van der Waals surface area contributed by atoms with Crippen LogP contribution in [-0.4, -0.2) is 106 Å². The van der Waals surface area contributed by atoms with Crippen molar-refractivity contribution >= 4 is 0 Å². The molecule has 0 radical (unpaired) electrons. The number of hydrogen-bond donors (Lipinski definition) is 8. The van der Waals surface area contributed by atoms with Gasteiger partial charge in [0.05, 0.1) is 43.2 Å². The van der Waals surface area contributed by atoms with Crippen molar-refractivity contribution in [3.63, 3.8) is 0 Å². The summed E-state index contributed by atoms with van der Waals surface area (Å²) in [6.45, 7) is 0. The van der Waals surface area contributed by atoms with Gasteiger partial charge in [-0.15, -0.1) is 5.92 Å². The maximum Gasteiger partial charge on any atom is 0.0628 e. The Kier molecular flexibility index (Phi) is 20.3. The van der Waals surface area contributed by atoms with E-state index in [1.807, 2.05) is 0 Å². The molecular formula is C40H79N12Zn-5. The molecule has 0 aromatic heterocycles. The maximum absolute atomic E-state index is 4.25. The number of fused-ring (bicyclic) bond motifs is 20. The van der Waals surface area contributed by atoms with Crippen molar-refractivity contribution in [3.05, 3.63) is 27.7 Å². The van der Waals surface area contributed by atoms with Gasteiger partial charge in [-0.3, -0.25) is 42.5 Å². The van der Waals surface area contributed by atoms with Crippen LogP contribution < -0.4 is 42.5 Å². The van der Waals surface area contributed by atoms with E-state index >= 15 is 0 Å². The normalized spacial score (nSPS) is 44.8. The summed E-state index contributed by atoms with van der Waals surface area (Å²) in [5.41, 5.74) is 0. The van der Waals surface area contributed by atoms with Gasteiger partial charge in [0, 0.05) is 25.6 Å². The topological polar surface area (TPSA) is 153 Å². The first-order chi connectivity index (χ1) is 25.5. The smallest absolute Gasteiger partial charge is 0.0628 e. The van der Waals surface area contributed by atoms with E-state index in [1.54, 1.807) is 56.4 Å². The fraction of sp³-hybridized carbons (Fsp3) is 0.975. The van der Waals surface area contributed by atoms with Gasteiger partial charge < -0.3 is 27.7 Å². The van der Waals surface area contributed by atoms with Crippen LogP contribution in [0.15, 0.2) is 0 Å². The fourth-order valence-electron chi connectivity index (χ4n) is 11.7. The van der Waals surface area contributed by atoms with Crippen molar-refractivity contribution in [3.8, 4) is 0 Å². The Morgan fingerprint density at radius 2 is 0.528 bits per heavy atom. The first kappa shape index (κ1) is 45.8. The van der Waals surface area contributed by atoms with E-state index in [1.165, 1.54) is 96.3 Å². The number of rotatable bonds is 0. The van der Waals surface area contributed by atoms with Crippen LogP contribution in [0.3, 0.4) is 0 Å². The maximum atomic E-state index is 4.25. The second kappa shape index (κ2) is 23.5. The third-order valence-electron chi connectivity index (χ3n) is 13.6. The van der Waals surface area contributed by atoms with Gasteiger partial charge in [-0.2, -0.15) is 62.8 Å². The van der Waals surface area contributed by atoms with Gasteiger partial charge >= 0.3 is 0 Å². The molecule has 16 atom stereocenters. The van der Waals surface area contributed by atoms with Gasteiger partial charge in [0.1, 0.15) is 0 Å². The Balaban J connectivity index is 0.000000431. The summed E-state index contributed by atoms with van der Waals surface area (Å²) < 4.78 is 0. The van der Waals surface area contributed by atoms with Gasteiger partial charge in [0.25, 0.3) is 0 Å². The minimum atomic E-state index is 0. The third kappa shape index (κ3) is 11.2. The minimum Gasteiger partial charge on any atom is -0.668 e. The molecule has 9 fully saturated rings. The molecular weight excluding hydrogens is 714 g/mol. The van der Waals surface area contributed by atoms with Crippen LogP contribution in [0.4, 0.5) is 0 Å². The fourth-order valence-corrected chi connectivity index (χ4v) is 11.7. The van der Waals surface area contributed by atoms with E-state index in [9.17, 15) is 0 Å². The van der Waals surface area contributed by atoms with Crippen molar-refractivity contribution in [2.75, 3.05) is 56.4 Å². The molecule has 0 aromatic rings. The quantitative estimate of drug-likeness (QED) is 0.128. The van der Waals surface area contributed by atoms with E-state index in [2.05, 4.69) is 70.2 Å². The van der Waals surface area contributed by atoms with Crippen molar-refractivity contribution in [2.24, 2.45) is 47.3 Å². The third-order valence-corrected chi connectivity index (χ3v) is 13.6. The average Bonchev–Trinajstić information content (AvgIpc) is 3.89. The molecule has 5 saturated heterocycles. The molecule has 9 aliphatic rings. The summed E-state index contributed by atoms with van der Waals surface area (Å²) >= 11 is 0. The Hall–Kier alpha value is 0.143. The SMILES string of the molecule is C[N-]C.C[N-]C.C[N-]C.C[N-]C.[CH-]1CCCC2C3NC(NC4NC(NC5NC(NC6NC(N3)C3CCCCC63)C3CCCCC53)C3CCCCC43)C12.[Zn]. The summed E-state index contributed by atoms with van der Waals surface area (Å²) in [6, 6.07) is 0. The van der Waals surface area contributed by atoms with E-state index in [-0.39, 0.29) is 19.5 Å². The Labute approximate surface area is 337 Å².